The second kappa shape index (κ2) is 9.04. The lowest BCUT2D eigenvalue weighted by Gasteiger charge is -2.26. The van der Waals surface area contributed by atoms with Crippen LogP contribution in [0.4, 0.5) is 5.69 Å². The smallest absolute Gasteiger partial charge is 0.255 e. The quantitative estimate of drug-likeness (QED) is 0.427. The second-order valence-corrected chi connectivity index (χ2v) is 10.5. The SMILES string of the molecule is Cc1ccc(S(=O)(=O)N2CCCCC2)cc1C(=O)Nc1ccccc1-c1nc2ccccc2[nH]1. The molecule has 4 aromatic rings. The van der Waals surface area contributed by atoms with Crippen LogP contribution >= 0.6 is 0 Å². The molecule has 0 unspecified atom stereocenters. The summed E-state index contributed by atoms with van der Waals surface area (Å²) < 4.78 is 27.8. The number of aromatic amines is 1. The number of aromatic nitrogens is 2. The summed E-state index contributed by atoms with van der Waals surface area (Å²) in [6, 6.07) is 19.9. The molecule has 1 fully saturated rings. The zero-order valence-electron chi connectivity index (χ0n) is 18.9. The van der Waals surface area contributed by atoms with Gasteiger partial charge in [-0.15, -0.1) is 0 Å². The van der Waals surface area contributed by atoms with Crippen LogP contribution in [0.15, 0.2) is 71.6 Å². The van der Waals surface area contributed by atoms with Gasteiger partial charge in [-0.25, -0.2) is 13.4 Å². The fourth-order valence-corrected chi connectivity index (χ4v) is 5.87. The Kier molecular flexibility index (Phi) is 5.93. The van der Waals surface area contributed by atoms with Gasteiger partial charge in [0.15, 0.2) is 0 Å². The molecule has 0 bridgehead atoms. The predicted molar refractivity (Wildman–Crippen MR) is 133 cm³/mol. The van der Waals surface area contributed by atoms with Gasteiger partial charge in [0.25, 0.3) is 5.91 Å². The molecule has 1 aliphatic heterocycles. The summed E-state index contributed by atoms with van der Waals surface area (Å²) in [7, 11) is -3.64. The van der Waals surface area contributed by atoms with Crippen LogP contribution in [0.5, 0.6) is 0 Å². The molecule has 1 saturated heterocycles. The Bertz CT molecular complexity index is 1440. The number of benzene rings is 3. The molecule has 0 atom stereocenters. The molecule has 2 heterocycles. The number of anilines is 1. The van der Waals surface area contributed by atoms with Crippen molar-refractivity contribution in [1.29, 1.82) is 0 Å². The van der Waals surface area contributed by atoms with Crippen molar-refractivity contribution in [2.24, 2.45) is 0 Å². The van der Waals surface area contributed by atoms with Crippen molar-refractivity contribution in [1.82, 2.24) is 14.3 Å². The first-order valence-corrected chi connectivity index (χ1v) is 12.8. The molecule has 0 radical (unpaired) electrons. The largest absolute Gasteiger partial charge is 0.338 e. The Morgan fingerprint density at radius 3 is 2.50 bits per heavy atom. The normalized spacial score (nSPS) is 14.9. The number of nitrogens with zero attached hydrogens (tertiary/aromatic N) is 2. The zero-order chi connectivity index (χ0) is 23.7. The van der Waals surface area contributed by atoms with Crippen LogP contribution in [0.3, 0.4) is 0 Å². The number of nitrogens with one attached hydrogen (secondary N) is 2. The number of carbonyl (C=O) groups excluding carboxylic acids is 1. The summed E-state index contributed by atoms with van der Waals surface area (Å²) in [4.78, 5) is 21.4. The van der Waals surface area contributed by atoms with Crippen LogP contribution in [0.25, 0.3) is 22.4 Å². The van der Waals surface area contributed by atoms with Crippen molar-refractivity contribution in [3.05, 3.63) is 77.9 Å². The Morgan fingerprint density at radius 2 is 1.71 bits per heavy atom. The number of para-hydroxylation sites is 3. The van der Waals surface area contributed by atoms with Crippen molar-refractivity contribution < 1.29 is 13.2 Å². The van der Waals surface area contributed by atoms with E-state index in [0.717, 1.165) is 35.9 Å². The number of hydrogen-bond donors (Lipinski definition) is 2. The highest BCUT2D eigenvalue weighted by Gasteiger charge is 2.27. The van der Waals surface area contributed by atoms with E-state index in [1.165, 1.54) is 10.4 Å². The van der Waals surface area contributed by atoms with E-state index >= 15 is 0 Å². The first-order valence-electron chi connectivity index (χ1n) is 11.4. The van der Waals surface area contributed by atoms with E-state index < -0.39 is 10.0 Å². The number of carbonyl (C=O) groups is 1. The number of imidazole rings is 1. The maximum absolute atomic E-state index is 13.3. The minimum Gasteiger partial charge on any atom is -0.338 e. The van der Waals surface area contributed by atoms with Gasteiger partial charge >= 0.3 is 0 Å². The molecule has 1 aliphatic rings. The molecule has 34 heavy (non-hydrogen) atoms. The van der Waals surface area contributed by atoms with Gasteiger partial charge in [-0.2, -0.15) is 4.31 Å². The topological polar surface area (TPSA) is 95.2 Å². The van der Waals surface area contributed by atoms with E-state index in [-0.39, 0.29) is 10.8 Å². The van der Waals surface area contributed by atoms with Gasteiger partial charge < -0.3 is 10.3 Å². The Labute approximate surface area is 198 Å². The average molecular weight is 475 g/mol. The van der Waals surface area contributed by atoms with Gasteiger partial charge in [0.2, 0.25) is 10.0 Å². The minimum absolute atomic E-state index is 0.149. The maximum atomic E-state index is 13.3. The summed E-state index contributed by atoms with van der Waals surface area (Å²) in [5.74, 6) is 0.284. The Hall–Kier alpha value is -3.49. The number of amides is 1. The van der Waals surface area contributed by atoms with E-state index in [2.05, 4.69) is 15.3 Å². The van der Waals surface area contributed by atoms with Crippen molar-refractivity contribution in [2.45, 2.75) is 31.1 Å². The van der Waals surface area contributed by atoms with Gasteiger partial charge in [0.1, 0.15) is 5.82 Å². The molecule has 7 nitrogen and oxygen atoms in total. The average Bonchev–Trinajstić information content (AvgIpc) is 3.29. The molecule has 0 aliphatic carbocycles. The number of piperidine rings is 1. The molecule has 8 heteroatoms. The highest BCUT2D eigenvalue weighted by Crippen LogP contribution is 2.29. The zero-order valence-corrected chi connectivity index (χ0v) is 19.7. The third-order valence-electron chi connectivity index (χ3n) is 6.23. The van der Waals surface area contributed by atoms with Crippen LogP contribution in [-0.4, -0.2) is 41.7 Å². The van der Waals surface area contributed by atoms with E-state index in [1.54, 1.807) is 19.1 Å². The van der Waals surface area contributed by atoms with Crippen LogP contribution in [0, 0.1) is 6.92 Å². The number of sulfonamides is 1. The van der Waals surface area contributed by atoms with E-state index in [0.29, 0.717) is 35.7 Å². The molecule has 1 aromatic heterocycles. The van der Waals surface area contributed by atoms with E-state index in [1.807, 2.05) is 48.5 Å². The van der Waals surface area contributed by atoms with Crippen LogP contribution in [-0.2, 0) is 10.0 Å². The summed E-state index contributed by atoms with van der Waals surface area (Å²) in [5, 5.41) is 2.96. The van der Waals surface area contributed by atoms with Gasteiger partial charge in [0.05, 0.1) is 21.6 Å². The first-order chi connectivity index (χ1) is 16.4. The Balaban J connectivity index is 1.46. The standard InChI is InChI=1S/C26H26N4O3S/c1-18-13-14-19(34(32,33)30-15-7-2-8-16-30)17-21(18)26(31)29-22-10-4-3-9-20(22)25-27-23-11-5-6-12-24(23)28-25/h3-6,9-14,17H,2,7-8,15-16H2,1H3,(H,27,28)(H,29,31). The molecule has 0 saturated carbocycles. The van der Waals surface area contributed by atoms with E-state index in [4.69, 9.17) is 0 Å². The fraction of sp³-hybridized carbons (Fsp3) is 0.231. The predicted octanol–water partition coefficient (Wildman–Crippen LogP) is 4.97. The molecule has 1 amide bonds. The lowest BCUT2D eigenvalue weighted by molar-refractivity contribution is 0.102. The first kappa shape index (κ1) is 22.3. The van der Waals surface area contributed by atoms with Crippen LogP contribution in [0.1, 0.15) is 35.2 Å². The summed E-state index contributed by atoms with van der Waals surface area (Å²) >= 11 is 0. The number of H-pyrrole nitrogens is 1. The number of aryl methyl sites for hydroxylation is 1. The molecule has 2 N–H and O–H groups in total. The lowest BCUT2D eigenvalue weighted by atomic mass is 10.1. The van der Waals surface area contributed by atoms with Crippen molar-refractivity contribution in [3.63, 3.8) is 0 Å². The maximum Gasteiger partial charge on any atom is 0.255 e. The van der Waals surface area contributed by atoms with Crippen LogP contribution in [0.2, 0.25) is 0 Å². The third-order valence-corrected chi connectivity index (χ3v) is 8.12. The number of rotatable bonds is 5. The summed E-state index contributed by atoms with van der Waals surface area (Å²) in [5.41, 5.74) is 4.13. The van der Waals surface area contributed by atoms with Gasteiger partial charge in [-0.1, -0.05) is 36.8 Å². The Morgan fingerprint density at radius 1 is 0.971 bits per heavy atom. The third kappa shape index (κ3) is 4.22. The van der Waals surface area contributed by atoms with Crippen molar-refractivity contribution in [3.8, 4) is 11.4 Å². The second-order valence-electron chi connectivity index (χ2n) is 8.54. The molecular formula is C26H26N4O3S. The minimum atomic E-state index is -3.64. The molecule has 5 rings (SSSR count). The lowest BCUT2D eigenvalue weighted by Crippen LogP contribution is -2.35. The fourth-order valence-electron chi connectivity index (χ4n) is 4.33. The van der Waals surface area contributed by atoms with Gasteiger partial charge in [-0.3, -0.25) is 4.79 Å². The summed E-state index contributed by atoms with van der Waals surface area (Å²) in [6.07, 6.45) is 2.76. The number of fused-ring (bicyclic) bond motifs is 1. The van der Waals surface area contributed by atoms with Gasteiger partial charge in [-0.05, 0) is 61.7 Å². The summed E-state index contributed by atoms with van der Waals surface area (Å²) in [6.45, 7) is 2.84. The van der Waals surface area contributed by atoms with Crippen molar-refractivity contribution in [2.75, 3.05) is 18.4 Å². The monoisotopic (exact) mass is 474 g/mol. The molecule has 174 valence electrons. The van der Waals surface area contributed by atoms with Crippen LogP contribution < -0.4 is 5.32 Å². The van der Waals surface area contributed by atoms with E-state index in [9.17, 15) is 13.2 Å². The molecule has 3 aromatic carbocycles. The number of hydrogen-bond acceptors (Lipinski definition) is 4. The highest BCUT2D eigenvalue weighted by atomic mass is 32.2. The van der Waals surface area contributed by atoms with Crippen molar-refractivity contribution >= 4 is 32.7 Å². The van der Waals surface area contributed by atoms with Gasteiger partial charge in [0, 0.05) is 24.2 Å². The molecule has 0 spiro atoms. The highest BCUT2D eigenvalue weighted by molar-refractivity contribution is 7.89. The molecular weight excluding hydrogens is 448 g/mol.